The zero-order valence-electron chi connectivity index (χ0n) is 13.4. The average molecular weight is 352 g/mol. The van der Waals surface area contributed by atoms with Gasteiger partial charge in [0.05, 0.1) is 32.8 Å². The van der Waals surface area contributed by atoms with Crippen molar-refractivity contribution in [2.75, 3.05) is 20.3 Å². The van der Waals surface area contributed by atoms with Crippen LogP contribution in [0.5, 0.6) is 0 Å². The maximum Gasteiger partial charge on any atom is 0.472 e. The summed E-state index contributed by atoms with van der Waals surface area (Å²) in [6, 6.07) is 0.354. The van der Waals surface area contributed by atoms with Crippen molar-refractivity contribution in [1.29, 1.82) is 5.26 Å². The smallest absolute Gasteiger partial charge is 0.467 e. The summed E-state index contributed by atoms with van der Waals surface area (Å²) in [5.41, 5.74) is -0.793. The normalized spacial score (nSPS) is 15.0. The minimum Gasteiger partial charge on any atom is -0.467 e. The molecule has 0 aliphatic rings. The highest BCUT2D eigenvalue weighted by molar-refractivity contribution is 7.47. The van der Waals surface area contributed by atoms with Crippen molar-refractivity contribution >= 4 is 19.9 Å². The molecule has 0 aromatic rings. The Kier molecular flexibility index (Phi) is 8.79. The highest BCUT2D eigenvalue weighted by Crippen LogP contribution is 2.43. The van der Waals surface area contributed by atoms with E-state index in [2.05, 4.69) is 19.1 Å². The van der Waals surface area contributed by atoms with Crippen LogP contribution in [0.2, 0.25) is 0 Å². The number of methoxy groups -OCH3 is 1. The lowest BCUT2D eigenvalue weighted by Gasteiger charge is -2.23. The Hall–Kier alpha value is -1.66. The van der Waals surface area contributed by atoms with Crippen LogP contribution in [0.1, 0.15) is 27.2 Å². The predicted octanol–water partition coefficient (Wildman–Crippen LogP) is 1.10. The van der Waals surface area contributed by atoms with Gasteiger partial charge < -0.3 is 19.7 Å². The van der Waals surface area contributed by atoms with E-state index in [1.54, 1.807) is 26.8 Å². The van der Waals surface area contributed by atoms with Crippen molar-refractivity contribution in [2.45, 2.75) is 38.8 Å². The second-order valence-electron chi connectivity index (χ2n) is 5.23. The third kappa shape index (κ3) is 10.7. The highest BCUT2D eigenvalue weighted by atomic mass is 31.2. The molecule has 0 heterocycles. The predicted molar refractivity (Wildman–Crippen MR) is 77.1 cm³/mol. The molecule has 0 spiro atoms. The minimum absolute atomic E-state index is 0.107. The van der Waals surface area contributed by atoms with Crippen molar-refractivity contribution in [3.8, 4) is 6.07 Å². The SMILES string of the molecule is COC(=O)[C@H](COP(=O)(O)OCCC#N)NC(=O)OC(C)(C)C. The Morgan fingerprint density at radius 1 is 1.35 bits per heavy atom. The molecule has 23 heavy (non-hydrogen) atoms. The van der Waals surface area contributed by atoms with Gasteiger partial charge >= 0.3 is 19.9 Å². The van der Waals surface area contributed by atoms with E-state index in [-0.39, 0.29) is 13.0 Å². The first-order chi connectivity index (χ1) is 10.5. The number of phosphoric ester groups is 1. The molecule has 0 aromatic carbocycles. The van der Waals surface area contributed by atoms with Gasteiger partial charge in [-0.2, -0.15) is 5.26 Å². The number of alkyl carbamates (subject to hydrolysis) is 1. The quantitative estimate of drug-likeness (QED) is 0.372. The van der Waals surface area contributed by atoms with Gasteiger partial charge in [0.15, 0.2) is 6.04 Å². The van der Waals surface area contributed by atoms with Crippen LogP contribution in [0.25, 0.3) is 0 Å². The number of esters is 1. The number of hydrogen-bond donors (Lipinski definition) is 2. The Balaban J connectivity index is 4.63. The molecule has 1 unspecified atom stereocenters. The maximum absolute atomic E-state index is 11.6. The molecule has 0 rings (SSSR count). The van der Waals surface area contributed by atoms with Crippen LogP contribution >= 0.6 is 7.82 Å². The number of ether oxygens (including phenoxy) is 2. The molecule has 0 aliphatic carbocycles. The monoisotopic (exact) mass is 352 g/mol. The second-order valence-corrected chi connectivity index (χ2v) is 6.68. The van der Waals surface area contributed by atoms with Crippen molar-refractivity contribution in [3.63, 3.8) is 0 Å². The van der Waals surface area contributed by atoms with Gasteiger partial charge in [0.25, 0.3) is 0 Å². The zero-order valence-corrected chi connectivity index (χ0v) is 14.3. The van der Waals surface area contributed by atoms with Gasteiger partial charge in [-0.15, -0.1) is 0 Å². The fraction of sp³-hybridized carbons (Fsp3) is 0.750. The van der Waals surface area contributed by atoms with Crippen LogP contribution in [-0.2, 0) is 27.9 Å². The number of carbonyl (C=O) groups is 2. The molecule has 10 nitrogen and oxygen atoms in total. The van der Waals surface area contributed by atoms with Gasteiger partial charge in [-0.1, -0.05) is 0 Å². The summed E-state index contributed by atoms with van der Waals surface area (Å²) in [4.78, 5) is 32.6. The molecule has 0 saturated carbocycles. The molecule has 2 N–H and O–H groups in total. The summed E-state index contributed by atoms with van der Waals surface area (Å²) in [6.45, 7) is 3.89. The average Bonchev–Trinajstić information content (AvgIpc) is 2.40. The number of nitriles is 1. The topological polar surface area (TPSA) is 144 Å². The van der Waals surface area contributed by atoms with Gasteiger partial charge in [0.1, 0.15) is 5.60 Å². The number of nitrogens with one attached hydrogen (secondary N) is 1. The molecule has 0 fully saturated rings. The lowest BCUT2D eigenvalue weighted by Crippen LogP contribution is -2.46. The largest absolute Gasteiger partial charge is 0.472 e. The number of carbonyl (C=O) groups excluding carboxylic acids is 2. The number of rotatable bonds is 8. The molecule has 0 bridgehead atoms. The number of amides is 1. The maximum atomic E-state index is 11.6. The van der Waals surface area contributed by atoms with E-state index in [0.29, 0.717) is 0 Å². The third-order valence-electron chi connectivity index (χ3n) is 2.05. The fourth-order valence-corrected chi connectivity index (χ4v) is 1.91. The lowest BCUT2D eigenvalue weighted by molar-refractivity contribution is -0.144. The molecule has 0 aliphatic heterocycles. The summed E-state index contributed by atoms with van der Waals surface area (Å²) in [5.74, 6) is -0.895. The summed E-state index contributed by atoms with van der Waals surface area (Å²) >= 11 is 0. The van der Waals surface area contributed by atoms with Crippen molar-refractivity contribution < 1.29 is 37.6 Å². The van der Waals surface area contributed by atoms with E-state index in [9.17, 15) is 19.0 Å². The Labute approximate surface area is 134 Å². The standard InChI is InChI=1S/C12H21N2O8P/c1-12(2,3)22-11(16)14-9(10(15)19-4)8-21-23(17,18)20-7-5-6-13/h9H,5,7-8H2,1-4H3,(H,14,16)(H,17,18)/t9-/m0/s1. The molecule has 2 atom stereocenters. The van der Waals surface area contributed by atoms with Crippen LogP contribution in [0.15, 0.2) is 0 Å². The Bertz CT molecular complexity index is 496. The van der Waals surface area contributed by atoms with Crippen LogP contribution < -0.4 is 5.32 Å². The molecular weight excluding hydrogens is 331 g/mol. The first-order valence-electron chi connectivity index (χ1n) is 6.57. The molecular formula is C12H21N2O8P. The van der Waals surface area contributed by atoms with Gasteiger partial charge in [0, 0.05) is 0 Å². The van der Waals surface area contributed by atoms with E-state index < -0.39 is 38.1 Å². The van der Waals surface area contributed by atoms with Crippen molar-refractivity contribution in [1.82, 2.24) is 5.32 Å². The first-order valence-corrected chi connectivity index (χ1v) is 8.06. The molecule has 0 saturated heterocycles. The van der Waals surface area contributed by atoms with Crippen molar-refractivity contribution in [2.24, 2.45) is 0 Å². The van der Waals surface area contributed by atoms with Gasteiger partial charge in [-0.3, -0.25) is 9.05 Å². The fourth-order valence-electron chi connectivity index (χ4n) is 1.17. The number of hydrogen-bond acceptors (Lipinski definition) is 8. The van der Waals surface area contributed by atoms with E-state index in [4.69, 9.17) is 10.00 Å². The molecule has 0 aromatic heterocycles. The van der Waals surface area contributed by atoms with E-state index in [1.165, 1.54) is 0 Å². The van der Waals surface area contributed by atoms with Crippen LogP contribution in [-0.4, -0.2) is 48.9 Å². The number of phosphoric acid groups is 1. The van der Waals surface area contributed by atoms with E-state index >= 15 is 0 Å². The first kappa shape index (κ1) is 21.3. The highest BCUT2D eigenvalue weighted by Gasteiger charge is 2.29. The molecule has 11 heteroatoms. The van der Waals surface area contributed by atoms with Gasteiger partial charge in [0.2, 0.25) is 0 Å². The Morgan fingerprint density at radius 3 is 2.43 bits per heavy atom. The van der Waals surface area contributed by atoms with E-state index in [0.717, 1.165) is 7.11 Å². The van der Waals surface area contributed by atoms with Crippen LogP contribution in [0.4, 0.5) is 4.79 Å². The summed E-state index contributed by atoms with van der Waals surface area (Å²) in [5, 5.41) is 10.5. The van der Waals surface area contributed by atoms with E-state index in [1.807, 2.05) is 0 Å². The third-order valence-corrected chi connectivity index (χ3v) is 3.03. The zero-order chi connectivity index (χ0) is 18.1. The van der Waals surface area contributed by atoms with Crippen LogP contribution in [0.3, 0.4) is 0 Å². The minimum atomic E-state index is -4.46. The molecule has 1 amide bonds. The van der Waals surface area contributed by atoms with Crippen molar-refractivity contribution in [3.05, 3.63) is 0 Å². The summed E-state index contributed by atoms with van der Waals surface area (Å²) in [7, 11) is -3.38. The summed E-state index contributed by atoms with van der Waals surface area (Å²) in [6.07, 6.45) is -1.03. The Morgan fingerprint density at radius 2 is 1.96 bits per heavy atom. The number of nitrogens with zero attached hydrogens (tertiary/aromatic N) is 1. The van der Waals surface area contributed by atoms with Gasteiger partial charge in [-0.05, 0) is 20.8 Å². The van der Waals surface area contributed by atoms with Gasteiger partial charge in [-0.25, -0.2) is 14.2 Å². The summed E-state index contributed by atoms with van der Waals surface area (Å²) < 4.78 is 30.0. The second kappa shape index (κ2) is 9.47. The van der Waals surface area contributed by atoms with Crippen LogP contribution in [0, 0.1) is 11.3 Å². The lowest BCUT2D eigenvalue weighted by atomic mass is 10.2. The molecule has 0 radical (unpaired) electrons. The molecule has 132 valence electrons.